The van der Waals surface area contributed by atoms with Crippen LogP contribution >= 0.6 is 0 Å². The first-order chi connectivity index (χ1) is 10.4. The standard InChI is InChI=1S/C18H22N2O/c1-2-10-19-17(5-1)15-16-6-8-18(9-7-16)21-14-13-20-11-3-4-12-20/h1-2,5-10H,3-4,11-15H2. The molecule has 0 atom stereocenters. The second-order valence-corrected chi connectivity index (χ2v) is 5.54. The third-order valence-corrected chi connectivity index (χ3v) is 3.91. The molecule has 0 aliphatic carbocycles. The minimum absolute atomic E-state index is 0.777. The summed E-state index contributed by atoms with van der Waals surface area (Å²) in [4.78, 5) is 6.82. The predicted molar refractivity (Wildman–Crippen MR) is 84.7 cm³/mol. The van der Waals surface area contributed by atoms with Gasteiger partial charge in [0.25, 0.3) is 0 Å². The molecule has 3 rings (SSSR count). The molecular weight excluding hydrogens is 260 g/mol. The molecular formula is C18H22N2O. The molecule has 1 aromatic heterocycles. The lowest BCUT2D eigenvalue weighted by atomic mass is 10.1. The number of ether oxygens (including phenoxy) is 1. The highest BCUT2D eigenvalue weighted by atomic mass is 16.5. The Morgan fingerprint density at radius 2 is 1.81 bits per heavy atom. The minimum atomic E-state index is 0.777. The van der Waals surface area contributed by atoms with Gasteiger partial charge in [-0.25, -0.2) is 0 Å². The first-order valence-corrected chi connectivity index (χ1v) is 7.74. The third-order valence-electron chi connectivity index (χ3n) is 3.91. The Bertz CT molecular complexity index is 533. The lowest BCUT2D eigenvalue weighted by molar-refractivity contribution is 0.238. The van der Waals surface area contributed by atoms with E-state index in [1.165, 1.54) is 31.5 Å². The molecule has 0 spiro atoms. The number of benzene rings is 1. The molecule has 1 aromatic carbocycles. The van der Waals surface area contributed by atoms with E-state index in [2.05, 4.69) is 40.2 Å². The zero-order valence-corrected chi connectivity index (χ0v) is 12.4. The normalized spacial score (nSPS) is 15.2. The van der Waals surface area contributed by atoms with Crippen molar-refractivity contribution in [3.63, 3.8) is 0 Å². The van der Waals surface area contributed by atoms with Crippen LogP contribution in [0.5, 0.6) is 5.75 Å². The molecule has 0 amide bonds. The Morgan fingerprint density at radius 1 is 1.00 bits per heavy atom. The number of hydrogen-bond acceptors (Lipinski definition) is 3. The van der Waals surface area contributed by atoms with E-state index in [1.807, 2.05) is 18.3 Å². The van der Waals surface area contributed by atoms with Crippen molar-refractivity contribution in [3.8, 4) is 5.75 Å². The predicted octanol–water partition coefficient (Wildman–Crippen LogP) is 3.15. The first kappa shape index (κ1) is 14.1. The van der Waals surface area contributed by atoms with Crippen LogP contribution in [0.1, 0.15) is 24.1 Å². The second kappa shape index (κ2) is 7.23. The Morgan fingerprint density at radius 3 is 2.52 bits per heavy atom. The molecule has 110 valence electrons. The molecule has 3 heteroatoms. The van der Waals surface area contributed by atoms with Crippen molar-refractivity contribution in [2.24, 2.45) is 0 Å². The summed E-state index contributed by atoms with van der Waals surface area (Å²) < 4.78 is 5.82. The molecule has 0 unspecified atom stereocenters. The summed E-state index contributed by atoms with van der Waals surface area (Å²) in [6, 6.07) is 14.4. The monoisotopic (exact) mass is 282 g/mol. The third kappa shape index (κ3) is 4.30. The van der Waals surface area contributed by atoms with E-state index in [-0.39, 0.29) is 0 Å². The lowest BCUT2D eigenvalue weighted by Gasteiger charge is -2.15. The molecule has 0 radical (unpaired) electrons. The van der Waals surface area contributed by atoms with Gasteiger partial charge in [0.2, 0.25) is 0 Å². The molecule has 21 heavy (non-hydrogen) atoms. The van der Waals surface area contributed by atoms with Gasteiger partial charge in [-0.3, -0.25) is 9.88 Å². The van der Waals surface area contributed by atoms with Crippen LogP contribution in [0.4, 0.5) is 0 Å². The summed E-state index contributed by atoms with van der Waals surface area (Å²) in [5.74, 6) is 0.957. The summed E-state index contributed by atoms with van der Waals surface area (Å²) in [7, 11) is 0. The van der Waals surface area contributed by atoms with Gasteiger partial charge < -0.3 is 4.74 Å². The van der Waals surface area contributed by atoms with Gasteiger partial charge in [-0.05, 0) is 55.8 Å². The topological polar surface area (TPSA) is 25.4 Å². The van der Waals surface area contributed by atoms with Crippen molar-refractivity contribution in [2.45, 2.75) is 19.3 Å². The van der Waals surface area contributed by atoms with Crippen LogP contribution in [0.2, 0.25) is 0 Å². The first-order valence-electron chi connectivity index (χ1n) is 7.74. The maximum absolute atomic E-state index is 5.82. The van der Waals surface area contributed by atoms with E-state index in [9.17, 15) is 0 Å². The maximum atomic E-state index is 5.82. The van der Waals surface area contributed by atoms with Gasteiger partial charge >= 0.3 is 0 Å². The number of likely N-dealkylation sites (tertiary alicyclic amines) is 1. The van der Waals surface area contributed by atoms with E-state index in [1.54, 1.807) is 0 Å². The quantitative estimate of drug-likeness (QED) is 0.814. The van der Waals surface area contributed by atoms with Crippen molar-refractivity contribution in [2.75, 3.05) is 26.2 Å². The zero-order valence-electron chi connectivity index (χ0n) is 12.4. The SMILES string of the molecule is c1ccc(Cc2ccc(OCCN3CCCC3)cc2)nc1. The molecule has 1 fully saturated rings. The molecule has 1 aliphatic rings. The van der Waals surface area contributed by atoms with Crippen LogP contribution in [0.25, 0.3) is 0 Å². The fourth-order valence-electron chi connectivity index (χ4n) is 2.71. The van der Waals surface area contributed by atoms with Crippen molar-refractivity contribution in [1.82, 2.24) is 9.88 Å². The summed E-state index contributed by atoms with van der Waals surface area (Å²) >= 11 is 0. The molecule has 3 nitrogen and oxygen atoms in total. The van der Waals surface area contributed by atoms with Gasteiger partial charge in [0, 0.05) is 24.9 Å². The Balaban J connectivity index is 1.47. The van der Waals surface area contributed by atoms with Crippen LogP contribution in [-0.4, -0.2) is 36.1 Å². The molecule has 1 aliphatic heterocycles. The summed E-state index contributed by atoms with van der Waals surface area (Å²) in [6.45, 7) is 4.27. The van der Waals surface area contributed by atoms with E-state index in [0.717, 1.165) is 31.0 Å². The van der Waals surface area contributed by atoms with Gasteiger partial charge in [0.1, 0.15) is 12.4 Å². The molecule has 0 N–H and O–H groups in total. The van der Waals surface area contributed by atoms with Crippen molar-refractivity contribution < 1.29 is 4.74 Å². The number of hydrogen-bond donors (Lipinski definition) is 0. The van der Waals surface area contributed by atoms with Gasteiger partial charge in [-0.2, -0.15) is 0 Å². The minimum Gasteiger partial charge on any atom is -0.492 e. The van der Waals surface area contributed by atoms with Crippen molar-refractivity contribution >= 4 is 0 Å². The highest BCUT2D eigenvalue weighted by Crippen LogP contribution is 2.15. The highest BCUT2D eigenvalue weighted by molar-refractivity contribution is 5.29. The summed E-state index contributed by atoms with van der Waals surface area (Å²) in [5, 5.41) is 0. The fourth-order valence-corrected chi connectivity index (χ4v) is 2.71. The molecule has 2 aromatic rings. The van der Waals surface area contributed by atoms with Crippen LogP contribution in [0, 0.1) is 0 Å². The lowest BCUT2D eigenvalue weighted by Crippen LogP contribution is -2.25. The van der Waals surface area contributed by atoms with Gasteiger partial charge in [-0.1, -0.05) is 18.2 Å². The van der Waals surface area contributed by atoms with E-state index in [0.29, 0.717) is 0 Å². The number of aromatic nitrogens is 1. The van der Waals surface area contributed by atoms with Crippen molar-refractivity contribution in [3.05, 3.63) is 59.9 Å². The molecule has 1 saturated heterocycles. The van der Waals surface area contributed by atoms with Crippen LogP contribution in [-0.2, 0) is 6.42 Å². The Hall–Kier alpha value is -1.87. The smallest absolute Gasteiger partial charge is 0.119 e. The molecule has 0 bridgehead atoms. The number of pyridine rings is 1. The summed E-state index contributed by atoms with van der Waals surface area (Å²) in [5.41, 5.74) is 2.36. The second-order valence-electron chi connectivity index (χ2n) is 5.54. The van der Waals surface area contributed by atoms with E-state index >= 15 is 0 Å². The van der Waals surface area contributed by atoms with Crippen LogP contribution < -0.4 is 4.74 Å². The van der Waals surface area contributed by atoms with Gasteiger partial charge in [-0.15, -0.1) is 0 Å². The average molecular weight is 282 g/mol. The largest absolute Gasteiger partial charge is 0.492 e. The zero-order chi connectivity index (χ0) is 14.3. The fraction of sp³-hybridized carbons (Fsp3) is 0.389. The number of nitrogens with zero attached hydrogens (tertiary/aromatic N) is 2. The van der Waals surface area contributed by atoms with Gasteiger partial charge in [0.15, 0.2) is 0 Å². The van der Waals surface area contributed by atoms with E-state index < -0.39 is 0 Å². The van der Waals surface area contributed by atoms with E-state index in [4.69, 9.17) is 4.74 Å². The molecule has 0 saturated carbocycles. The van der Waals surface area contributed by atoms with Crippen LogP contribution in [0.3, 0.4) is 0 Å². The van der Waals surface area contributed by atoms with Crippen molar-refractivity contribution in [1.29, 1.82) is 0 Å². The maximum Gasteiger partial charge on any atom is 0.119 e. The van der Waals surface area contributed by atoms with Crippen LogP contribution in [0.15, 0.2) is 48.7 Å². The number of rotatable bonds is 6. The Kier molecular flexibility index (Phi) is 4.85. The average Bonchev–Trinajstić information content (AvgIpc) is 3.03. The summed E-state index contributed by atoms with van der Waals surface area (Å²) in [6.07, 6.45) is 5.38. The van der Waals surface area contributed by atoms with Gasteiger partial charge in [0.05, 0.1) is 0 Å². The highest BCUT2D eigenvalue weighted by Gasteiger charge is 2.10. The Labute approximate surface area is 126 Å². The molecule has 2 heterocycles.